The molecule has 0 amide bonds. The zero-order valence-electron chi connectivity index (χ0n) is 22.2. The topological polar surface area (TPSA) is 79.1 Å². The number of ether oxygens (including phenoxy) is 3. The van der Waals surface area contributed by atoms with Crippen molar-refractivity contribution in [1.82, 2.24) is 4.57 Å². The van der Waals surface area contributed by atoms with E-state index in [-0.39, 0.29) is 12.2 Å². The van der Waals surface area contributed by atoms with Crippen LogP contribution in [0.2, 0.25) is 0 Å². The van der Waals surface area contributed by atoms with Gasteiger partial charge in [0.2, 0.25) is 0 Å². The molecule has 4 aromatic rings. The van der Waals surface area contributed by atoms with E-state index in [1.165, 1.54) is 11.3 Å². The standard InChI is InChI=1S/C31H27IN2O5S/c1-4-38-30(36)27-19(2)33-31-34(28(27)21-8-6-5-7-9-21)29(35)26(40-31)17-20-10-15-25(37-3)22(16-20)18-39-24-13-11-23(32)12-14-24/h5-17,28H,4,18H2,1-3H3/t28-/m1/s1. The molecular weight excluding hydrogens is 639 g/mol. The predicted molar refractivity (Wildman–Crippen MR) is 163 cm³/mol. The van der Waals surface area contributed by atoms with Crippen molar-refractivity contribution in [2.75, 3.05) is 13.7 Å². The number of allylic oxidation sites excluding steroid dienone is 1. The van der Waals surface area contributed by atoms with Crippen LogP contribution in [-0.4, -0.2) is 24.3 Å². The van der Waals surface area contributed by atoms with Crippen molar-refractivity contribution in [2.45, 2.75) is 26.5 Å². The number of nitrogens with zero attached hydrogens (tertiary/aromatic N) is 2. The van der Waals surface area contributed by atoms with Gasteiger partial charge in [0.25, 0.3) is 5.56 Å². The van der Waals surface area contributed by atoms with Gasteiger partial charge in [0.05, 0.1) is 35.6 Å². The van der Waals surface area contributed by atoms with E-state index in [0.717, 1.165) is 26.0 Å². The highest BCUT2D eigenvalue weighted by atomic mass is 127. The SMILES string of the molecule is CCOC(=O)C1=C(C)N=c2sc(=Cc3ccc(OC)c(COc4ccc(I)cc4)c3)c(=O)n2[C@@H]1c1ccccc1. The number of benzene rings is 3. The maximum Gasteiger partial charge on any atom is 0.338 e. The van der Waals surface area contributed by atoms with E-state index >= 15 is 0 Å². The van der Waals surface area contributed by atoms with Crippen LogP contribution in [-0.2, 0) is 16.1 Å². The molecule has 0 unspecified atom stereocenters. The fraction of sp³-hybridized carbons (Fsp3) is 0.194. The maximum absolute atomic E-state index is 13.8. The van der Waals surface area contributed by atoms with Crippen LogP contribution >= 0.6 is 33.9 Å². The summed E-state index contributed by atoms with van der Waals surface area (Å²) in [5, 5.41) is 0. The van der Waals surface area contributed by atoms with Gasteiger partial charge in [-0.2, -0.15) is 0 Å². The molecule has 7 nitrogen and oxygen atoms in total. The lowest BCUT2D eigenvalue weighted by Crippen LogP contribution is -2.39. The number of methoxy groups -OCH3 is 1. The zero-order chi connectivity index (χ0) is 28.2. The van der Waals surface area contributed by atoms with Gasteiger partial charge in [0, 0.05) is 9.13 Å². The zero-order valence-corrected chi connectivity index (χ0v) is 25.2. The number of carbonyl (C=O) groups excluding carboxylic acids is 1. The Morgan fingerprint density at radius 3 is 2.55 bits per heavy atom. The van der Waals surface area contributed by atoms with Gasteiger partial charge < -0.3 is 14.2 Å². The second-order valence-corrected chi connectivity index (χ2v) is 11.3. The van der Waals surface area contributed by atoms with Crippen LogP contribution in [0, 0.1) is 3.57 Å². The van der Waals surface area contributed by atoms with E-state index < -0.39 is 12.0 Å². The molecule has 1 atom stereocenters. The van der Waals surface area contributed by atoms with Crippen LogP contribution in [0.4, 0.5) is 0 Å². The number of esters is 1. The number of thiazole rings is 1. The maximum atomic E-state index is 13.8. The lowest BCUT2D eigenvalue weighted by Gasteiger charge is -2.24. The molecule has 0 aliphatic carbocycles. The van der Waals surface area contributed by atoms with Gasteiger partial charge in [0.15, 0.2) is 4.80 Å². The first-order chi connectivity index (χ1) is 19.4. The van der Waals surface area contributed by atoms with Crippen molar-refractivity contribution in [3.8, 4) is 11.5 Å². The molecule has 204 valence electrons. The fourth-order valence-electron chi connectivity index (χ4n) is 4.59. The van der Waals surface area contributed by atoms with E-state index in [1.54, 1.807) is 25.5 Å². The molecule has 3 aromatic carbocycles. The third-order valence-corrected chi connectivity index (χ3v) is 8.14. The third-order valence-electron chi connectivity index (χ3n) is 6.44. The molecule has 9 heteroatoms. The number of carbonyl (C=O) groups is 1. The molecule has 1 aromatic heterocycles. The average Bonchev–Trinajstić information content (AvgIpc) is 3.26. The van der Waals surface area contributed by atoms with E-state index in [9.17, 15) is 9.59 Å². The van der Waals surface area contributed by atoms with Crippen molar-refractivity contribution < 1.29 is 19.0 Å². The summed E-state index contributed by atoms with van der Waals surface area (Å²) >= 11 is 3.55. The summed E-state index contributed by atoms with van der Waals surface area (Å²) in [4.78, 5) is 32.0. The first-order valence-electron chi connectivity index (χ1n) is 12.7. The van der Waals surface area contributed by atoms with Crippen molar-refractivity contribution in [3.05, 3.63) is 124 Å². The average molecular weight is 667 g/mol. The lowest BCUT2D eigenvalue weighted by atomic mass is 9.96. The van der Waals surface area contributed by atoms with Gasteiger partial charge in [-0.25, -0.2) is 9.79 Å². The Labute approximate surface area is 249 Å². The molecule has 0 saturated heterocycles. The minimum atomic E-state index is -0.632. The fourth-order valence-corrected chi connectivity index (χ4v) is 5.99. The normalized spacial score (nSPS) is 14.9. The molecule has 1 aliphatic heterocycles. The first-order valence-corrected chi connectivity index (χ1v) is 14.6. The number of hydrogen-bond donors (Lipinski definition) is 0. The molecule has 0 radical (unpaired) electrons. The van der Waals surface area contributed by atoms with E-state index in [1.807, 2.05) is 78.9 Å². The Kier molecular flexibility index (Phi) is 8.51. The molecule has 2 heterocycles. The van der Waals surface area contributed by atoms with Crippen molar-refractivity contribution in [1.29, 1.82) is 0 Å². The molecule has 0 bridgehead atoms. The lowest BCUT2D eigenvalue weighted by molar-refractivity contribution is -0.139. The monoisotopic (exact) mass is 666 g/mol. The number of fused-ring (bicyclic) bond motifs is 1. The highest BCUT2D eigenvalue weighted by Crippen LogP contribution is 2.30. The predicted octanol–water partition coefficient (Wildman–Crippen LogP) is 4.99. The van der Waals surface area contributed by atoms with Crippen molar-refractivity contribution >= 4 is 46.0 Å². The van der Waals surface area contributed by atoms with Gasteiger partial charge in [-0.1, -0.05) is 47.7 Å². The summed E-state index contributed by atoms with van der Waals surface area (Å²) in [6.07, 6.45) is 1.84. The number of rotatable bonds is 8. The summed E-state index contributed by atoms with van der Waals surface area (Å²) in [7, 11) is 1.62. The van der Waals surface area contributed by atoms with E-state index in [0.29, 0.717) is 33.0 Å². The minimum absolute atomic E-state index is 0.223. The molecule has 40 heavy (non-hydrogen) atoms. The smallest absolute Gasteiger partial charge is 0.338 e. The second kappa shape index (κ2) is 12.2. The molecule has 5 rings (SSSR count). The summed E-state index contributed by atoms with van der Waals surface area (Å²) < 4.78 is 20.1. The van der Waals surface area contributed by atoms with Crippen molar-refractivity contribution in [2.24, 2.45) is 4.99 Å². The molecule has 0 fully saturated rings. The Morgan fingerprint density at radius 2 is 1.85 bits per heavy atom. The number of halogens is 1. The quantitative estimate of drug-likeness (QED) is 0.196. The van der Waals surface area contributed by atoms with Crippen LogP contribution in [0.3, 0.4) is 0 Å². The summed E-state index contributed by atoms with van der Waals surface area (Å²) in [5.74, 6) is 0.984. The van der Waals surface area contributed by atoms with Crippen LogP contribution in [0.15, 0.2) is 93.9 Å². The summed E-state index contributed by atoms with van der Waals surface area (Å²) in [6, 6.07) is 22.4. The Balaban J connectivity index is 1.56. The molecule has 0 spiro atoms. The summed E-state index contributed by atoms with van der Waals surface area (Å²) in [6.45, 7) is 4.08. The van der Waals surface area contributed by atoms with Crippen LogP contribution < -0.4 is 24.4 Å². The molecular formula is C31H27IN2O5S. The van der Waals surface area contributed by atoms with Crippen LogP contribution in [0.1, 0.15) is 36.6 Å². The number of hydrogen-bond acceptors (Lipinski definition) is 7. The number of aromatic nitrogens is 1. The first kappa shape index (κ1) is 27.9. The minimum Gasteiger partial charge on any atom is -0.496 e. The Hall–Kier alpha value is -3.70. The molecule has 1 aliphatic rings. The van der Waals surface area contributed by atoms with Crippen LogP contribution in [0.5, 0.6) is 11.5 Å². The van der Waals surface area contributed by atoms with Crippen LogP contribution in [0.25, 0.3) is 6.08 Å². The van der Waals surface area contributed by atoms with E-state index in [2.05, 4.69) is 27.6 Å². The molecule has 0 N–H and O–H groups in total. The third kappa shape index (κ3) is 5.75. The molecule has 0 saturated carbocycles. The highest BCUT2D eigenvalue weighted by Gasteiger charge is 2.33. The van der Waals surface area contributed by atoms with Gasteiger partial charge in [0.1, 0.15) is 18.1 Å². The van der Waals surface area contributed by atoms with Gasteiger partial charge >= 0.3 is 5.97 Å². The van der Waals surface area contributed by atoms with E-state index in [4.69, 9.17) is 14.2 Å². The highest BCUT2D eigenvalue weighted by molar-refractivity contribution is 14.1. The summed E-state index contributed by atoms with van der Waals surface area (Å²) in [5.41, 5.74) is 3.17. The van der Waals surface area contributed by atoms with Gasteiger partial charge in [-0.05, 0) is 90.0 Å². The Morgan fingerprint density at radius 1 is 1.10 bits per heavy atom. The van der Waals surface area contributed by atoms with Gasteiger partial charge in [-0.15, -0.1) is 0 Å². The largest absolute Gasteiger partial charge is 0.496 e. The van der Waals surface area contributed by atoms with Crippen molar-refractivity contribution in [3.63, 3.8) is 0 Å². The second-order valence-electron chi connectivity index (χ2n) is 9.03. The van der Waals surface area contributed by atoms with Gasteiger partial charge in [-0.3, -0.25) is 9.36 Å². The Bertz CT molecular complexity index is 1760.